The normalized spacial score (nSPS) is 19.0. The van der Waals surface area contributed by atoms with Gasteiger partial charge in [0.25, 0.3) is 0 Å². The van der Waals surface area contributed by atoms with E-state index in [4.69, 9.17) is 4.74 Å². The lowest BCUT2D eigenvalue weighted by molar-refractivity contribution is 0.340. The van der Waals surface area contributed by atoms with Crippen LogP contribution in [0.1, 0.15) is 56.2 Å². The molecule has 0 aliphatic carbocycles. The molecular formula is C29H36N2O. The molecule has 0 aromatic heterocycles. The van der Waals surface area contributed by atoms with E-state index >= 15 is 0 Å². The third-order valence-corrected chi connectivity index (χ3v) is 6.59. The molecule has 0 spiro atoms. The monoisotopic (exact) mass is 428 g/mol. The van der Waals surface area contributed by atoms with Crippen LogP contribution in [-0.4, -0.2) is 25.7 Å². The highest BCUT2D eigenvalue weighted by Gasteiger charge is 2.34. The molecule has 3 aromatic carbocycles. The summed E-state index contributed by atoms with van der Waals surface area (Å²) in [6.45, 7) is 7.80. The standard InChI is InChI=1S/C29H36N2O/c1-29(2,3)23-17-18-26(32-4)25(20-23)31-24-16-11-19-30-28(24)27(21-12-7-5-8-13-21)22-14-9-6-10-15-22/h5-10,12-15,17-18,20,24,27-28,30-31H,11,16,19H2,1-4H3/t24-,28+/m1/s1. The van der Waals surface area contributed by atoms with Gasteiger partial charge in [-0.25, -0.2) is 0 Å². The maximum absolute atomic E-state index is 5.74. The zero-order valence-electron chi connectivity index (χ0n) is 19.8. The molecule has 1 fully saturated rings. The first-order valence-corrected chi connectivity index (χ1v) is 11.8. The number of benzene rings is 3. The third-order valence-electron chi connectivity index (χ3n) is 6.59. The molecular weight excluding hydrogens is 392 g/mol. The number of anilines is 1. The summed E-state index contributed by atoms with van der Waals surface area (Å²) < 4.78 is 5.74. The van der Waals surface area contributed by atoms with Crippen molar-refractivity contribution in [3.05, 3.63) is 95.6 Å². The summed E-state index contributed by atoms with van der Waals surface area (Å²) in [5.74, 6) is 1.17. The van der Waals surface area contributed by atoms with Gasteiger partial charge in [0.15, 0.2) is 0 Å². The van der Waals surface area contributed by atoms with Gasteiger partial charge in [0, 0.05) is 18.0 Å². The van der Waals surface area contributed by atoms with Gasteiger partial charge in [0.2, 0.25) is 0 Å². The highest BCUT2D eigenvalue weighted by atomic mass is 16.5. The molecule has 4 rings (SSSR count). The Morgan fingerprint density at radius 2 is 1.53 bits per heavy atom. The van der Waals surface area contributed by atoms with Crippen LogP contribution in [0.25, 0.3) is 0 Å². The van der Waals surface area contributed by atoms with E-state index in [0.29, 0.717) is 6.04 Å². The largest absolute Gasteiger partial charge is 0.495 e. The van der Waals surface area contributed by atoms with E-state index in [1.807, 2.05) is 0 Å². The fourth-order valence-corrected chi connectivity index (χ4v) is 4.84. The van der Waals surface area contributed by atoms with Gasteiger partial charge in [-0.1, -0.05) is 87.5 Å². The van der Waals surface area contributed by atoms with Crippen LogP contribution >= 0.6 is 0 Å². The van der Waals surface area contributed by atoms with Gasteiger partial charge in [-0.2, -0.15) is 0 Å². The molecule has 1 saturated heterocycles. The summed E-state index contributed by atoms with van der Waals surface area (Å²) in [6, 6.07) is 28.9. The van der Waals surface area contributed by atoms with Crippen LogP contribution in [0.15, 0.2) is 78.9 Å². The summed E-state index contributed by atoms with van der Waals surface area (Å²) in [5, 5.41) is 7.76. The molecule has 0 radical (unpaired) electrons. The van der Waals surface area contributed by atoms with Gasteiger partial charge < -0.3 is 15.4 Å². The average molecular weight is 429 g/mol. The lowest BCUT2D eigenvalue weighted by atomic mass is 9.79. The Kier molecular flexibility index (Phi) is 6.86. The summed E-state index contributed by atoms with van der Waals surface area (Å²) in [5.41, 5.74) is 5.17. The number of nitrogens with one attached hydrogen (secondary N) is 2. The number of rotatable bonds is 6. The fourth-order valence-electron chi connectivity index (χ4n) is 4.84. The predicted octanol–water partition coefficient (Wildman–Crippen LogP) is 6.36. The van der Waals surface area contributed by atoms with Crippen LogP contribution in [0, 0.1) is 0 Å². The molecule has 3 heteroatoms. The fraction of sp³-hybridized carbons (Fsp3) is 0.379. The number of hydrogen-bond donors (Lipinski definition) is 2. The van der Waals surface area contributed by atoms with E-state index in [2.05, 4.69) is 110 Å². The molecule has 2 N–H and O–H groups in total. The number of methoxy groups -OCH3 is 1. The Bertz CT molecular complexity index is 955. The second-order valence-corrected chi connectivity index (χ2v) is 9.84. The Hall–Kier alpha value is -2.78. The zero-order valence-corrected chi connectivity index (χ0v) is 19.8. The van der Waals surface area contributed by atoms with Crippen molar-refractivity contribution in [1.29, 1.82) is 0 Å². The van der Waals surface area contributed by atoms with Crippen molar-refractivity contribution >= 4 is 5.69 Å². The number of ether oxygens (including phenoxy) is 1. The Morgan fingerprint density at radius 3 is 2.09 bits per heavy atom. The molecule has 0 amide bonds. The summed E-state index contributed by atoms with van der Waals surface area (Å²) in [4.78, 5) is 0. The Balaban J connectivity index is 1.71. The first-order chi connectivity index (χ1) is 15.5. The second kappa shape index (κ2) is 9.79. The Morgan fingerprint density at radius 1 is 0.906 bits per heavy atom. The highest BCUT2D eigenvalue weighted by molar-refractivity contribution is 5.60. The molecule has 1 heterocycles. The van der Waals surface area contributed by atoms with E-state index in [9.17, 15) is 0 Å². The lowest BCUT2D eigenvalue weighted by Gasteiger charge is -2.40. The minimum Gasteiger partial charge on any atom is -0.495 e. The summed E-state index contributed by atoms with van der Waals surface area (Å²) in [6.07, 6.45) is 2.28. The quantitative estimate of drug-likeness (QED) is 0.479. The smallest absolute Gasteiger partial charge is 0.141 e. The van der Waals surface area contributed by atoms with Crippen LogP contribution in [0.5, 0.6) is 5.75 Å². The van der Waals surface area contributed by atoms with Gasteiger partial charge >= 0.3 is 0 Å². The highest BCUT2D eigenvalue weighted by Crippen LogP contribution is 2.36. The first-order valence-electron chi connectivity index (χ1n) is 11.8. The van der Waals surface area contributed by atoms with Crippen LogP contribution in [0.3, 0.4) is 0 Å². The van der Waals surface area contributed by atoms with Gasteiger partial charge in [-0.3, -0.25) is 0 Å². The van der Waals surface area contributed by atoms with Gasteiger partial charge in [0.05, 0.1) is 12.8 Å². The van der Waals surface area contributed by atoms with Crippen molar-refractivity contribution in [2.75, 3.05) is 19.0 Å². The van der Waals surface area contributed by atoms with Crippen LogP contribution in [0.4, 0.5) is 5.69 Å². The van der Waals surface area contributed by atoms with Crippen LogP contribution in [0.2, 0.25) is 0 Å². The SMILES string of the molecule is COc1ccc(C(C)(C)C)cc1N[C@@H]1CCCN[C@@H]1C(c1ccccc1)c1ccccc1. The molecule has 3 aromatic rings. The summed E-state index contributed by atoms with van der Waals surface area (Å²) >= 11 is 0. The maximum atomic E-state index is 5.74. The van der Waals surface area contributed by atoms with E-state index in [0.717, 1.165) is 30.8 Å². The van der Waals surface area contributed by atoms with Gasteiger partial charge in [-0.15, -0.1) is 0 Å². The average Bonchev–Trinajstić information content (AvgIpc) is 2.81. The molecule has 2 atom stereocenters. The van der Waals surface area contributed by atoms with Crippen molar-refractivity contribution in [2.45, 2.75) is 57.0 Å². The number of hydrogen-bond acceptors (Lipinski definition) is 3. The van der Waals surface area contributed by atoms with Crippen molar-refractivity contribution in [3.63, 3.8) is 0 Å². The molecule has 168 valence electrons. The van der Waals surface area contributed by atoms with Crippen molar-refractivity contribution in [2.24, 2.45) is 0 Å². The molecule has 1 aliphatic rings. The molecule has 0 saturated carbocycles. The predicted molar refractivity (Wildman–Crippen MR) is 135 cm³/mol. The topological polar surface area (TPSA) is 33.3 Å². The molecule has 3 nitrogen and oxygen atoms in total. The van der Waals surface area contributed by atoms with Crippen LogP contribution < -0.4 is 15.4 Å². The van der Waals surface area contributed by atoms with Crippen molar-refractivity contribution < 1.29 is 4.74 Å². The van der Waals surface area contributed by atoms with E-state index in [-0.39, 0.29) is 17.4 Å². The molecule has 1 aliphatic heterocycles. The van der Waals surface area contributed by atoms with E-state index in [1.54, 1.807) is 7.11 Å². The minimum atomic E-state index is 0.0868. The van der Waals surface area contributed by atoms with Crippen LogP contribution in [-0.2, 0) is 5.41 Å². The second-order valence-electron chi connectivity index (χ2n) is 9.84. The van der Waals surface area contributed by atoms with Crippen molar-refractivity contribution in [1.82, 2.24) is 5.32 Å². The molecule has 32 heavy (non-hydrogen) atoms. The third kappa shape index (κ3) is 4.99. The molecule has 0 bridgehead atoms. The summed E-state index contributed by atoms with van der Waals surface area (Å²) in [7, 11) is 1.75. The minimum absolute atomic E-state index is 0.0868. The molecule has 0 unspecified atom stereocenters. The van der Waals surface area contributed by atoms with Crippen molar-refractivity contribution in [3.8, 4) is 5.75 Å². The van der Waals surface area contributed by atoms with E-state index < -0.39 is 0 Å². The first kappa shape index (κ1) is 22.4. The Labute approximate surface area is 193 Å². The lowest BCUT2D eigenvalue weighted by Crippen LogP contribution is -2.52. The number of piperidine rings is 1. The van der Waals surface area contributed by atoms with Gasteiger partial charge in [-0.05, 0) is 53.6 Å². The van der Waals surface area contributed by atoms with Gasteiger partial charge in [0.1, 0.15) is 5.75 Å². The van der Waals surface area contributed by atoms with E-state index in [1.165, 1.54) is 16.7 Å². The zero-order chi connectivity index (χ0) is 22.6. The maximum Gasteiger partial charge on any atom is 0.141 e.